The van der Waals surface area contributed by atoms with E-state index < -0.39 is 5.97 Å². The van der Waals surface area contributed by atoms with Gasteiger partial charge < -0.3 is 19.8 Å². The highest BCUT2D eigenvalue weighted by molar-refractivity contribution is 5.88. The molecule has 1 saturated heterocycles. The molecule has 2 amide bonds. The van der Waals surface area contributed by atoms with E-state index in [0.29, 0.717) is 18.7 Å². The van der Waals surface area contributed by atoms with Crippen LogP contribution in [0.25, 0.3) is 0 Å². The zero-order valence-electron chi connectivity index (χ0n) is 13.2. The Bertz CT molecular complexity index is 518. The first-order chi connectivity index (χ1) is 10.6. The van der Waals surface area contributed by atoms with Crippen molar-refractivity contribution in [3.05, 3.63) is 29.8 Å². The molecule has 0 unspecified atom stereocenters. The van der Waals surface area contributed by atoms with Gasteiger partial charge in [0.15, 0.2) is 0 Å². The second-order valence-corrected chi connectivity index (χ2v) is 5.28. The van der Waals surface area contributed by atoms with Gasteiger partial charge in [0.1, 0.15) is 0 Å². The Balaban J connectivity index is 1.94. The number of carbonyl (C=O) groups is 2. The molecule has 1 aliphatic heterocycles. The van der Waals surface area contributed by atoms with E-state index >= 15 is 0 Å². The molecule has 0 saturated carbocycles. The third-order valence-corrected chi connectivity index (χ3v) is 4.06. The van der Waals surface area contributed by atoms with Crippen molar-refractivity contribution in [1.82, 2.24) is 9.80 Å². The van der Waals surface area contributed by atoms with Crippen LogP contribution in [0.1, 0.15) is 24.2 Å². The lowest BCUT2D eigenvalue weighted by atomic mass is 10.2. The van der Waals surface area contributed by atoms with Crippen molar-refractivity contribution in [3.63, 3.8) is 0 Å². The molecule has 1 aromatic rings. The fourth-order valence-corrected chi connectivity index (χ4v) is 2.66. The summed E-state index contributed by atoms with van der Waals surface area (Å²) in [4.78, 5) is 29.0. The van der Waals surface area contributed by atoms with Crippen LogP contribution in [0.3, 0.4) is 0 Å². The molecule has 1 aliphatic rings. The van der Waals surface area contributed by atoms with E-state index in [1.807, 2.05) is 35.8 Å². The van der Waals surface area contributed by atoms with Crippen LogP contribution >= 0.6 is 0 Å². The van der Waals surface area contributed by atoms with Crippen molar-refractivity contribution >= 4 is 17.7 Å². The average molecular weight is 305 g/mol. The molecule has 1 N–H and O–H groups in total. The second kappa shape index (κ2) is 7.15. The Hall–Kier alpha value is -2.24. The van der Waals surface area contributed by atoms with Gasteiger partial charge in [0.05, 0.1) is 5.56 Å². The highest BCUT2D eigenvalue weighted by Crippen LogP contribution is 2.18. The average Bonchev–Trinajstić information content (AvgIpc) is 2.56. The van der Waals surface area contributed by atoms with Gasteiger partial charge in [-0.25, -0.2) is 9.59 Å². The Morgan fingerprint density at radius 1 is 1.05 bits per heavy atom. The maximum atomic E-state index is 12.3. The predicted octanol–water partition coefficient (Wildman–Crippen LogP) is 1.97. The largest absolute Gasteiger partial charge is 0.478 e. The number of carbonyl (C=O) groups excluding carboxylic acids is 1. The molecule has 1 heterocycles. The number of hydrogen-bond donors (Lipinski definition) is 1. The van der Waals surface area contributed by atoms with Gasteiger partial charge in [0.25, 0.3) is 0 Å². The number of anilines is 1. The molecule has 0 radical (unpaired) electrons. The fourth-order valence-electron chi connectivity index (χ4n) is 2.66. The van der Waals surface area contributed by atoms with Crippen LogP contribution in [0.5, 0.6) is 0 Å². The number of hydrogen-bond acceptors (Lipinski definition) is 3. The number of nitrogens with zero attached hydrogens (tertiary/aromatic N) is 3. The summed E-state index contributed by atoms with van der Waals surface area (Å²) in [6.07, 6.45) is 0. The maximum Gasteiger partial charge on any atom is 0.335 e. The summed E-state index contributed by atoms with van der Waals surface area (Å²) in [5.74, 6) is -0.916. The smallest absolute Gasteiger partial charge is 0.335 e. The van der Waals surface area contributed by atoms with Crippen molar-refractivity contribution in [1.29, 1.82) is 0 Å². The highest BCUT2D eigenvalue weighted by atomic mass is 16.4. The lowest BCUT2D eigenvalue weighted by Gasteiger charge is -2.38. The second-order valence-electron chi connectivity index (χ2n) is 5.28. The van der Waals surface area contributed by atoms with E-state index in [-0.39, 0.29) is 6.03 Å². The van der Waals surface area contributed by atoms with E-state index in [1.54, 1.807) is 12.1 Å². The molecule has 1 aromatic carbocycles. The van der Waals surface area contributed by atoms with Crippen molar-refractivity contribution in [2.24, 2.45) is 0 Å². The molecule has 120 valence electrons. The number of benzene rings is 1. The summed E-state index contributed by atoms with van der Waals surface area (Å²) in [7, 11) is 0. The summed E-state index contributed by atoms with van der Waals surface area (Å²) >= 11 is 0. The quantitative estimate of drug-likeness (QED) is 0.923. The normalized spacial score (nSPS) is 14.8. The third kappa shape index (κ3) is 3.50. The number of urea groups is 1. The lowest BCUT2D eigenvalue weighted by molar-refractivity contribution is 0.0697. The van der Waals surface area contributed by atoms with E-state index in [9.17, 15) is 9.59 Å². The summed E-state index contributed by atoms with van der Waals surface area (Å²) < 4.78 is 0. The van der Waals surface area contributed by atoms with Gasteiger partial charge in [0.2, 0.25) is 0 Å². The SMILES string of the molecule is CCN(CC)C(=O)N1CCN(c2ccc(C(=O)O)cc2)CC1. The fraction of sp³-hybridized carbons (Fsp3) is 0.500. The standard InChI is InChI=1S/C16H23N3O3/c1-3-17(4-2)16(22)19-11-9-18(10-12-19)14-7-5-13(6-8-14)15(20)21/h5-8H,3-4,9-12H2,1-2H3,(H,20,21). The summed E-state index contributed by atoms with van der Waals surface area (Å²) in [5, 5.41) is 8.92. The van der Waals surface area contributed by atoms with Crippen molar-refractivity contribution in [3.8, 4) is 0 Å². The minimum absolute atomic E-state index is 0.103. The van der Waals surface area contributed by atoms with Gasteiger partial charge in [-0.3, -0.25) is 0 Å². The molecule has 0 atom stereocenters. The number of carboxylic acid groups (broad SMARTS) is 1. The molecule has 0 aromatic heterocycles. The van der Waals surface area contributed by atoms with Crippen molar-refractivity contribution < 1.29 is 14.7 Å². The van der Waals surface area contributed by atoms with Crippen molar-refractivity contribution in [2.75, 3.05) is 44.2 Å². The van der Waals surface area contributed by atoms with Crippen LogP contribution in [0.15, 0.2) is 24.3 Å². The summed E-state index contributed by atoms with van der Waals surface area (Å²) in [6, 6.07) is 6.98. The lowest BCUT2D eigenvalue weighted by Crippen LogP contribution is -2.52. The zero-order chi connectivity index (χ0) is 16.1. The number of amides is 2. The molecular formula is C16H23N3O3. The molecule has 6 nitrogen and oxygen atoms in total. The molecule has 0 bridgehead atoms. The molecule has 0 aliphatic carbocycles. The van der Waals surface area contributed by atoms with Gasteiger partial charge in [-0.2, -0.15) is 0 Å². The monoisotopic (exact) mass is 305 g/mol. The van der Waals surface area contributed by atoms with Crippen LogP contribution in [-0.2, 0) is 0 Å². The minimum atomic E-state index is -0.916. The van der Waals surface area contributed by atoms with E-state index in [1.165, 1.54) is 0 Å². The van der Waals surface area contributed by atoms with Gasteiger partial charge in [-0.05, 0) is 38.1 Å². The summed E-state index contributed by atoms with van der Waals surface area (Å²) in [6.45, 7) is 8.34. The summed E-state index contributed by atoms with van der Waals surface area (Å²) in [5.41, 5.74) is 1.29. The van der Waals surface area contributed by atoms with Crippen molar-refractivity contribution in [2.45, 2.75) is 13.8 Å². The Morgan fingerprint density at radius 2 is 1.59 bits per heavy atom. The number of rotatable bonds is 4. The molecule has 22 heavy (non-hydrogen) atoms. The molecule has 1 fully saturated rings. The molecule has 0 spiro atoms. The molecule has 6 heteroatoms. The molecular weight excluding hydrogens is 282 g/mol. The maximum absolute atomic E-state index is 12.3. The number of aromatic carboxylic acids is 1. The van der Waals surface area contributed by atoms with Crippen LogP contribution in [0.2, 0.25) is 0 Å². The Labute approximate surface area is 130 Å². The third-order valence-electron chi connectivity index (χ3n) is 4.06. The highest BCUT2D eigenvalue weighted by Gasteiger charge is 2.24. The predicted molar refractivity (Wildman–Crippen MR) is 85.5 cm³/mol. The Kier molecular flexibility index (Phi) is 5.25. The van der Waals surface area contributed by atoms with Crippen LogP contribution < -0.4 is 4.90 Å². The minimum Gasteiger partial charge on any atom is -0.478 e. The first-order valence-electron chi connectivity index (χ1n) is 7.69. The van der Waals surface area contributed by atoms with E-state index in [2.05, 4.69) is 4.90 Å². The zero-order valence-corrected chi connectivity index (χ0v) is 13.2. The van der Waals surface area contributed by atoms with Gasteiger partial charge in [-0.1, -0.05) is 0 Å². The van der Waals surface area contributed by atoms with E-state index in [4.69, 9.17) is 5.11 Å². The first-order valence-corrected chi connectivity index (χ1v) is 7.69. The van der Waals surface area contributed by atoms with E-state index in [0.717, 1.165) is 31.9 Å². The first kappa shape index (κ1) is 16.1. The van der Waals surface area contributed by atoms with Gasteiger partial charge in [0, 0.05) is 45.0 Å². The Morgan fingerprint density at radius 3 is 2.05 bits per heavy atom. The van der Waals surface area contributed by atoms with Gasteiger partial charge in [-0.15, -0.1) is 0 Å². The topological polar surface area (TPSA) is 64.1 Å². The number of carboxylic acids is 1. The van der Waals surface area contributed by atoms with Crippen LogP contribution in [0.4, 0.5) is 10.5 Å². The van der Waals surface area contributed by atoms with Crippen LogP contribution in [-0.4, -0.2) is 66.2 Å². The molecule has 2 rings (SSSR count). The van der Waals surface area contributed by atoms with Crippen LogP contribution in [0, 0.1) is 0 Å². The van der Waals surface area contributed by atoms with Gasteiger partial charge >= 0.3 is 12.0 Å². The number of piperazine rings is 1.